The molecule has 0 bridgehead atoms. The lowest BCUT2D eigenvalue weighted by atomic mass is 10.0. The molecular formula is C25H27NO6S. The van der Waals surface area contributed by atoms with Gasteiger partial charge < -0.3 is 24.3 Å². The molecule has 0 unspecified atom stereocenters. The fourth-order valence-corrected chi connectivity index (χ4v) is 4.23. The van der Waals surface area contributed by atoms with Gasteiger partial charge in [0.05, 0.1) is 20.8 Å². The minimum Gasteiger partial charge on any atom is -0.493 e. The number of anilines is 1. The Bertz CT molecular complexity index is 1150. The smallest absolute Gasteiger partial charge is 0.341 e. The van der Waals surface area contributed by atoms with Crippen molar-refractivity contribution in [3.8, 4) is 28.4 Å². The molecule has 1 heterocycles. The third-order valence-electron chi connectivity index (χ3n) is 5.13. The third kappa shape index (κ3) is 5.46. The topological polar surface area (TPSA) is 83.1 Å². The minimum absolute atomic E-state index is 0.184. The summed E-state index contributed by atoms with van der Waals surface area (Å²) in [5, 5.41) is 4.99. The van der Waals surface area contributed by atoms with Crippen molar-refractivity contribution in [2.45, 2.75) is 20.8 Å². The number of ether oxygens (including phenoxy) is 4. The highest BCUT2D eigenvalue weighted by Gasteiger charge is 2.24. The van der Waals surface area contributed by atoms with E-state index in [0.717, 1.165) is 16.7 Å². The number of esters is 1. The maximum absolute atomic E-state index is 12.8. The van der Waals surface area contributed by atoms with E-state index in [1.54, 1.807) is 38.7 Å². The Morgan fingerprint density at radius 3 is 2.45 bits per heavy atom. The van der Waals surface area contributed by atoms with Crippen LogP contribution in [-0.2, 0) is 9.53 Å². The Hall–Kier alpha value is -3.52. The molecule has 0 spiro atoms. The second-order valence-corrected chi connectivity index (χ2v) is 8.06. The second kappa shape index (κ2) is 10.9. The fraction of sp³-hybridized carbons (Fsp3) is 0.280. The van der Waals surface area contributed by atoms with Crippen molar-refractivity contribution in [3.05, 3.63) is 58.5 Å². The Labute approximate surface area is 197 Å². The van der Waals surface area contributed by atoms with Gasteiger partial charge in [0.25, 0.3) is 5.91 Å². The maximum atomic E-state index is 12.8. The quantitative estimate of drug-likeness (QED) is 0.432. The summed E-state index contributed by atoms with van der Waals surface area (Å²) in [6.07, 6.45) is 0. The maximum Gasteiger partial charge on any atom is 0.341 e. The van der Waals surface area contributed by atoms with Gasteiger partial charge in [-0.1, -0.05) is 18.2 Å². The standard InChI is InChI=1S/C25H27NO6S/c1-6-31-25(28)23-18(17-10-11-20(29-4)21(12-17)30-5)14-33-24(23)26-22(27)13-32-19-9-7-8-15(2)16(19)3/h7-12,14H,6,13H2,1-5H3,(H,26,27). The van der Waals surface area contributed by atoms with E-state index in [2.05, 4.69) is 5.32 Å². The van der Waals surface area contributed by atoms with Crippen LogP contribution in [0.1, 0.15) is 28.4 Å². The highest BCUT2D eigenvalue weighted by molar-refractivity contribution is 7.15. The van der Waals surface area contributed by atoms with E-state index in [-0.39, 0.29) is 24.7 Å². The first-order valence-electron chi connectivity index (χ1n) is 10.4. The molecule has 33 heavy (non-hydrogen) atoms. The summed E-state index contributed by atoms with van der Waals surface area (Å²) in [7, 11) is 3.10. The van der Waals surface area contributed by atoms with Crippen LogP contribution in [0, 0.1) is 13.8 Å². The number of thiophene rings is 1. The van der Waals surface area contributed by atoms with Crippen molar-refractivity contribution in [3.63, 3.8) is 0 Å². The summed E-state index contributed by atoms with van der Waals surface area (Å²) < 4.78 is 21.6. The molecule has 1 amide bonds. The molecule has 0 saturated carbocycles. The van der Waals surface area contributed by atoms with Crippen LogP contribution >= 0.6 is 11.3 Å². The van der Waals surface area contributed by atoms with Crippen LogP contribution < -0.4 is 19.5 Å². The van der Waals surface area contributed by atoms with Gasteiger partial charge in [0.15, 0.2) is 18.1 Å². The van der Waals surface area contributed by atoms with Gasteiger partial charge in [0.2, 0.25) is 0 Å². The third-order valence-corrected chi connectivity index (χ3v) is 6.03. The van der Waals surface area contributed by atoms with Crippen molar-refractivity contribution in [2.75, 3.05) is 32.8 Å². The van der Waals surface area contributed by atoms with Crippen LogP contribution in [0.15, 0.2) is 41.8 Å². The van der Waals surface area contributed by atoms with E-state index in [1.165, 1.54) is 11.3 Å². The number of carbonyl (C=O) groups is 2. The molecule has 3 aromatic rings. The van der Waals surface area contributed by atoms with Crippen LogP contribution in [0.3, 0.4) is 0 Å². The van der Waals surface area contributed by atoms with Crippen LogP contribution in [-0.4, -0.2) is 39.3 Å². The number of nitrogens with one attached hydrogen (secondary N) is 1. The zero-order valence-corrected chi connectivity index (χ0v) is 20.1. The summed E-state index contributed by atoms with van der Waals surface area (Å²) in [6, 6.07) is 11.0. The molecule has 3 rings (SSSR count). The number of hydrogen-bond donors (Lipinski definition) is 1. The van der Waals surface area contributed by atoms with Crippen LogP contribution in [0.5, 0.6) is 17.2 Å². The molecular weight excluding hydrogens is 442 g/mol. The van der Waals surface area contributed by atoms with Gasteiger partial charge in [-0.15, -0.1) is 11.3 Å². The van der Waals surface area contributed by atoms with Crippen molar-refractivity contribution in [1.82, 2.24) is 0 Å². The van der Waals surface area contributed by atoms with E-state index >= 15 is 0 Å². The molecule has 1 aromatic heterocycles. The fourth-order valence-electron chi connectivity index (χ4n) is 3.26. The van der Waals surface area contributed by atoms with E-state index in [4.69, 9.17) is 18.9 Å². The number of benzene rings is 2. The summed E-state index contributed by atoms with van der Waals surface area (Å²) in [5.74, 6) is 0.860. The number of methoxy groups -OCH3 is 2. The van der Waals surface area contributed by atoms with Crippen LogP contribution in [0.25, 0.3) is 11.1 Å². The van der Waals surface area contributed by atoms with Gasteiger partial charge in [-0.2, -0.15) is 0 Å². The first-order valence-corrected chi connectivity index (χ1v) is 11.3. The Morgan fingerprint density at radius 2 is 1.76 bits per heavy atom. The summed E-state index contributed by atoms with van der Waals surface area (Å²) in [4.78, 5) is 25.4. The van der Waals surface area contributed by atoms with Crippen molar-refractivity contribution in [2.24, 2.45) is 0 Å². The number of rotatable bonds is 9. The molecule has 7 nitrogen and oxygen atoms in total. The lowest BCUT2D eigenvalue weighted by molar-refractivity contribution is -0.118. The monoisotopic (exact) mass is 469 g/mol. The van der Waals surface area contributed by atoms with Gasteiger partial charge in [0.1, 0.15) is 16.3 Å². The second-order valence-electron chi connectivity index (χ2n) is 7.18. The normalized spacial score (nSPS) is 10.5. The van der Waals surface area contributed by atoms with E-state index < -0.39 is 5.97 Å². The largest absolute Gasteiger partial charge is 0.493 e. The Kier molecular flexibility index (Phi) is 7.95. The average Bonchev–Trinajstić information content (AvgIpc) is 3.23. The number of aryl methyl sites for hydroxylation is 1. The summed E-state index contributed by atoms with van der Waals surface area (Å²) in [5.41, 5.74) is 3.71. The first-order chi connectivity index (χ1) is 15.9. The van der Waals surface area contributed by atoms with E-state index in [1.807, 2.05) is 38.1 Å². The van der Waals surface area contributed by atoms with Crippen LogP contribution in [0.4, 0.5) is 5.00 Å². The molecule has 1 N–H and O–H groups in total. The van der Waals surface area contributed by atoms with Crippen molar-refractivity contribution >= 4 is 28.2 Å². The van der Waals surface area contributed by atoms with E-state index in [0.29, 0.717) is 27.8 Å². The summed E-state index contributed by atoms with van der Waals surface area (Å²) >= 11 is 1.24. The van der Waals surface area contributed by atoms with Crippen molar-refractivity contribution < 1.29 is 28.5 Å². The van der Waals surface area contributed by atoms with Gasteiger partial charge in [-0.3, -0.25) is 4.79 Å². The molecule has 0 atom stereocenters. The first kappa shape index (κ1) is 24.1. The Morgan fingerprint density at radius 1 is 1.00 bits per heavy atom. The molecule has 8 heteroatoms. The highest BCUT2D eigenvalue weighted by atomic mass is 32.1. The number of amides is 1. The van der Waals surface area contributed by atoms with Gasteiger partial charge in [-0.25, -0.2) is 4.79 Å². The number of carbonyl (C=O) groups excluding carboxylic acids is 2. The SMILES string of the molecule is CCOC(=O)c1c(-c2ccc(OC)c(OC)c2)csc1NC(=O)COc1cccc(C)c1C. The zero-order chi connectivity index (χ0) is 24.0. The molecule has 0 aliphatic heterocycles. The van der Waals surface area contributed by atoms with Gasteiger partial charge in [0, 0.05) is 10.9 Å². The molecule has 174 valence electrons. The lowest BCUT2D eigenvalue weighted by Crippen LogP contribution is -2.21. The predicted molar refractivity (Wildman–Crippen MR) is 129 cm³/mol. The van der Waals surface area contributed by atoms with Crippen molar-refractivity contribution in [1.29, 1.82) is 0 Å². The Balaban J connectivity index is 1.86. The minimum atomic E-state index is -0.519. The zero-order valence-electron chi connectivity index (χ0n) is 19.3. The molecule has 0 radical (unpaired) electrons. The average molecular weight is 470 g/mol. The number of hydrogen-bond acceptors (Lipinski definition) is 7. The van der Waals surface area contributed by atoms with Gasteiger partial charge in [-0.05, 0) is 55.7 Å². The van der Waals surface area contributed by atoms with Crippen LogP contribution in [0.2, 0.25) is 0 Å². The molecule has 0 aliphatic rings. The summed E-state index contributed by atoms with van der Waals surface area (Å²) in [6.45, 7) is 5.68. The molecule has 0 aliphatic carbocycles. The predicted octanol–water partition coefficient (Wildman–Crippen LogP) is 5.24. The molecule has 0 fully saturated rings. The van der Waals surface area contributed by atoms with Gasteiger partial charge >= 0.3 is 5.97 Å². The molecule has 2 aromatic carbocycles. The van der Waals surface area contributed by atoms with E-state index in [9.17, 15) is 9.59 Å². The molecule has 0 saturated heterocycles. The lowest BCUT2D eigenvalue weighted by Gasteiger charge is -2.12. The highest BCUT2D eigenvalue weighted by Crippen LogP contribution is 2.39.